The van der Waals surface area contributed by atoms with Crippen LogP contribution in [0.15, 0.2) is 54.6 Å². The molecule has 2 aromatic carbocycles. The highest BCUT2D eigenvalue weighted by molar-refractivity contribution is 5.63. The van der Waals surface area contributed by atoms with Gasteiger partial charge in [-0.15, -0.1) is 0 Å². The second-order valence-corrected chi connectivity index (χ2v) is 4.58. The highest BCUT2D eigenvalue weighted by Crippen LogP contribution is 2.26. The molecular formula is C16H19NO. The van der Waals surface area contributed by atoms with Gasteiger partial charge in [0.05, 0.1) is 0 Å². The fraction of sp³-hybridized carbons (Fsp3) is 0.250. The first-order chi connectivity index (χ1) is 8.69. The van der Waals surface area contributed by atoms with Crippen LogP contribution >= 0.6 is 0 Å². The molecule has 0 spiro atoms. The van der Waals surface area contributed by atoms with E-state index in [4.69, 9.17) is 10.5 Å². The maximum absolute atomic E-state index is 5.77. The molecule has 1 atom stereocenters. The average molecular weight is 241 g/mol. The lowest BCUT2D eigenvalue weighted by Gasteiger charge is -2.27. The fourth-order valence-corrected chi connectivity index (χ4v) is 1.96. The summed E-state index contributed by atoms with van der Waals surface area (Å²) in [6.45, 7) is 2.47. The van der Waals surface area contributed by atoms with Crippen molar-refractivity contribution in [1.82, 2.24) is 0 Å². The van der Waals surface area contributed by atoms with E-state index in [0.717, 1.165) is 5.56 Å². The minimum absolute atomic E-state index is 0.408. The summed E-state index contributed by atoms with van der Waals surface area (Å²) in [5.41, 5.74) is 8.89. The van der Waals surface area contributed by atoms with Crippen LogP contribution < -0.4 is 5.73 Å². The Labute approximate surface area is 108 Å². The van der Waals surface area contributed by atoms with Gasteiger partial charge in [-0.3, -0.25) is 0 Å². The van der Waals surface area contributed by atoms with E-state index >= 15 is 0 Å². The highest BCUT2D eigenvalue weighted by Gasteiger charge is 2.23. The molecule has 0 aliphatic carbocycles. The van der Waals surface area contributed by atoms with Crippen molar-refractivity contribution in [3.05, 3.63) is 60.2 Å². The molecule has 0 bridgehead atoms. The minimum atomic E-state index is -0.408. The standard InChI is InChI=1S/C16H19NO/c1-16(12-17,18-2)15-10-8-14(9-11-15)13-6-4-3-5-7-13/h3-11H,12,17H2,1-2H3. The molecule has 94 valence electrons. The number of benzene rings is 2. The zero-order valence-corrected chi connectivity index (χ0v) is 10.9. The molecule has 2 rings (SSSR count). The molecule has 0 amide bonds. The number of nitrogens with two attached hydrogens (primary N) is 1. The fourth-order valence-electron chi connectivity index (χ4n) is 1.96. The van der Waals surface area contributed by atoms with E-state index in [-0.39, 0.29) is 0 Å². The molecule has 0 fully saturated rings. The van der Waals surface area contributed by atoms with E-state index in [2.05, 4.69) is 36.4 Å². The van der Waals surface area contributed by atoms with E-state index in [1.165, 1.54) is 11.1 Å². The zero-order chi connectivity index (χ0) is 13.0. The minimum Gasteiger partial charge on any atom is -0.372 e. The van der Waals surface area contributed by atoms with Gasteiger partial charge in [-0.05, 0) is 23.6 Å². The lowest BCUT2D eigenvalue weighted by Crippen LogP contribution is -2.33. The summed E-state index contributed by atoms with van der Waals surface area (Å²) < 4.78 is 5.49. The van der Waals surface area contributed by atoms with Gasteiger partial charge >= 0.3 is 0 Å². The Morgan fingerprint density at radius 3 is 2.00 bits per heavy atom. The molecule has 0 heterocycles. The zero-order valence-electron chi connectivity index (χ0n) is 10.9. The van der Waals surface area contributed by atoms with E-state index in [1.807, 2.05) is 25.1 Å². The Morgan fingerprint density at radius 2 is 1.50 bits per heavy atom. The van der Waals surface area contributed by atoms with E-state index in [0.29, 0.717) is 6.54 Å². The van der Waals surface area contributed by atoms with Crippen molar-refractivity contribution in [3.8, 4) is 11.1 Å². The molecule has 2 heteroatoms. The van der Waals surface area contributed by atoms with Crippen LogP contribution in [0.25, 0.3) is 11.1 Å². The van der Waals surface area contributed by atoms with Crippen LogP contribution in [0.5, 0.6) is 0 Å². The summed E-state index contributed by atoms with van der Waals surface area (Å²) in [7, 11) is 1.69. The molecule has 0 radical (unpaired) electrons. The molecule has 0 aliphatic rings. The number of ether oxygens (including phenoxy) is 1. The predicted octanol–water partition coefficient (Wildman–Crippen LogP) is 3.17. The van der Waals surface area contributed by atoms with Gasteiger partial charge in [0.1, 0.15) is 5.60 Å². The SMILES string of the molecule is COC(C)(CN)c1ccc(-c2ccccc2)cc1. The predicted molar refractivity (Wildman–Crippen MR) is 75.3 cm³/mol. The topological polar surface area (TPSA) is 35.2 Å². The maximum Gasteiger partial charge on any atom is 0.102 e. The number of methoxy groups -OCH3 is 1. The third kappa shape index (κ3) is 2.45. The van der Waals surface area contributed by atoms with Crippen LogP contribution in [-0.4, -0.2) is 13.7 Å². The normalized spacial score (nSPS) is 14.2. The molecular weight excluding hydrogens is 222 g/mol. The van der Waals surface area contributed by atoms with Crippen molar-refractivity contribution in [3.63, 3.8) is 0 Å². The van der Waals surface area contributed by atoms with E-state index in [1.54, 1.807) is 7.11 Å². The first-order valence-corrected chi connectivity index (χ1v) is 6.11. The molecule has 0 saturated carbocycles. The van der Waals surface area contributed by atoms with Crippen LogP contribution in [-0.2, 0) is 10.3 Å². The molecule has 2 N–H and O–H groups in total. The summed E-state index contributed by atoms with van der Waals surface area (Å²) >= 11 is 0. The summed E-state index contributed by atoms with van der Waals surface area (Å²) in [4.78, 5) is 0. The van der Waals surface area contributed by atoms with Gasteiger partial charge in [0.15, 0.2) is 0 Å². The van der Waals surface area contributed by atoms with Gasteiger partial charge in [-0.2, -0.15) is 0 Å². The molecule has 0 aliphatic heterocycles. The maximum atomic E-state index is 5.77. The number of rotatable bonds is 4. The van der Waals surface area contributed by atoms with Crippen molar-refractivity contribution < 1.29 is 4.74 Å². The van der Waals surface area contributed by atoms with Gasteiger partial charge in [0.2, 0.25) is 0 Å². The Morgan fingerprint density at radius 1 is 0.944 bits per heavy atom. The number of hydrogen-bond acceptors (Lipinski definition) is 2. The van der Waals surface area contributed by atoms with Gasteiger partial charge in [0, 0.05) is 13.7 Å². The van der Waals surface area contributed by atoms with E-state index < -0.39 is 5.60 Å². The van der Waals surface area contributed by atoms with Crippen LogP contribution in [0.3, 0.4) is 0 Å². The van der Waals surface area contributed by atoms with Crippen molar-refractivity contribution in [2.24, 2.45) is 5.73 Å². The van der Waals surface area contributed by atoms with E-state index in [9.17, 15) is 0 Å². The Kier molecular flexibility index (Phi) is 3.80. The van der Waals surface area contributed by atoms with Crippen molar-refractivity contribution in [2.75, 3.05) is 13.7 Å². The van der Waals surface area contributed by atoms with Crippen molar-refractivity contribution in [1.29, 1.82) is 0 Å². The summed E-state index contributed by atoms with van der Waals surface area (Å²) in [5, 5.41) is 0. The van der Waals surface area contributed by atoms with Crippen molar-refractivity contribution >= 4 is 0 Å². The van der Waals surface area contributed by atoms with Gasteiger partial charge in [-0.25, -0.2) is 0 Å². The second kappa shape index (κ2) is 5.34. The van der Waals surface area contributed by atoms with Crippen LogP contribution in [0.2, 0.25) is 0 Å². The summed E-state index contributed by atoms with van der Waals surface area (Å²) in [6, 6.07) is 18.7. The largest absolute Gasteiger partial charge is 0.372 e. The molecule has 0 saturated heterocycles. The third-order valence-electron chi connectivity index (χ3n) is 3.44. The first kappa shape index (κ1) is 12.8. The Hall–Kier alpha value is -1.64. The molecule has 2 nitrogen and oxygen atoms in total. The quantitative estimate of drug-likeness (QED) is 0.892. The molecule has 1 unspecified atom stereocenters. The molecule has 2 aromatic rings. The van der Waals surface area contributed by atoms with Crippen molar-refractivity contribution in [2.45, 2.75) is 12.5 Å². The summed E-state index contributed by atoms with van der Waals surface area (Å²) in [6.07, 6.45) is 0. The first-order valence-electron chi connectivity index (χ1n) is 6.11. The Bertz CT molecular complexity index is 486. The Balaban J connectivity index is 2.31. The second-order valence-electron chi connectivity index (χ2n) is 4.58. The smallest absolute Gasteiger partial charge is 0.102 e. The monoisotopic (exact) mass is 241 g/mol. The number of hydrogen-bond donors (Lipinski definition) is 1. The lowest BCUT2D eigenvalue weighted by molar-refractivity contribution is 0.0101. The van der Waals surface area contributed by atoms with Crippen LogP contribution in [0.1, 0.15) is 12.5 Å². The van der Waals surface area contributed by atoms with Gasteiger partial charge in [0.25, 0.3) is 0 Å². The van der Waals surface area contributed by atoms with Crippen LogP contribution in [0, 0.1) is 0 Å². The highest BCUT2D eigenvalue weighted by atomic mass is 16.5. The lowest BCUT2D eigenvalue weighted by atomic mass is 9.93. The van der Waals surface area contributed by atoms with Gasteiger partial charge in [-0.1, -0.05) is 54.6 Å². The van der Waals surface area contributed by atoms with Crippen LogP contribution in [0.4, 0.5) is 0 Å². The summed E-state index contributed by atoms with van der Waals surface area (Å²) in [5.74, 6) is 0. The van der Waals surface area contributed by atoms with Gasteiger partial charge < -0.3 is 10.5 Å². The molecule has 18 heavy (non-hydrogen) atoms. The average Bonchev–Trinajstić information content (AvgIpc) is 2.47. The third-order valence-corrected chi connectivity index (χ3v) is 3.44. The molecule has 0 aromatic heterocycles.